The van der Waals surface area contributed by atoms with Crippen LogP contribution >= 0.6 is 0 Å². The zero-order valence-corrected chi connectivity index (χ0v) is 37.3. The van der Waals surface area contributed by atoms with Crippen molar-refractivity contribution in [1.29, 1.82) is 0 Å². The average molecular weight is 927 g/mol. The second-order valence-electron chi connectivity index (χ2n) is 16.0. The van der Waals surface area contributed by atoms with Gasteiger partial charge in [-0.05, 0) is 63.0 Å². The molecule has 0 atom stereocenters. The van der Waals surface area contributed by atoms with Crippen molar-refractivity contribution in [2.45, 2.75) is 13.2 Å². The van der Waals surface area contributed by atoms with Gasteiger partial charge in [0.15, 0.2) is 5.69 Å². The first-order valence-corrected chi connectivity index (χ1v) is 22.3. The monoisotopic (exact) mass is 926 g/mol. The van der Waals surface area contributed by atoms with Crippen LogP contribution in [0.25, 0.3) is 54.9 Å². The number of non-ortho nitro benzene ring substituents is 1. The topological polar surface area (TPSA) is 187 Å². The van der Waals surface area contributed by atoms with Crippen LogP contribution in [0.3, 0.4) is 0 Å². The average Bonchev–Trinajstić information content (AvgIpc) is 3.37. The number of phenolic OH excluding ortho intramolecular Hbond substituents is 1. The molecule has 15 nitrogen and oxygen atoms in total. The summed E-state index contributed by atoms with van der Waals surface area (Å²) in [6.07, 6.45) is 0. The van der Waals surface area contributed by atoms with Crippen LogP contribution < -0.4 is 9.47 Å². The van der Waals surface area contributed by atoms with E-state index in [9.17, 15) is 25.3 Å². The van der Waals surface area contributed by atoms with Crippen molar-refractivity contribution in [3.05, 3.63) is 183 Å². The third-order valence-electron chi connectivity index (χ3n) is 11.5. The Labute approximate surface area is 396 Å². The first kappa shape index (κ1) is 46.0. The molecule has 0 unspecified atom stereocenters. The third kappa shape index (κ3) is 10.6. The van der Waals surface area contributed by atoms with E-state index in [1.54, 1.807) is 0 Å². The van der Waals surface area contributed by atoms with Crippen molar-refractivity contribution in [3.8, 4) is 50.6 Å². The molecule has 9 rings (SSSR count). The van der Waals surface area contributed by atoms with Gasteiger partial charge in [0.05, 0.1) is 74.5 Å². The van der Waals surface area contributed by atoms with E-state index in [1.807, 2.05) is 60.7 Å². The third-order valence-corrected chi connectivity index (χ3v) is 11.5. The zero-order chi connectivity index (χ0) is 47.5. The van der Waals surface area contributed by atoms with Gasteiger partial charge in [0.1, 0.15) is 30.5 Å². The minimum Gasteiger partial charge on any atom is -0.507 e. The zero-order valence-electron chi connectivity index (χ0n) is 37.3. The molecule has 69 heavy (non-hydrogen) atoms. The molecule has 0 spiro atoms. The molecular formula is C54H46N4O11. The normalized spacial score (nSPS) is 14.3. The molecule has 1 N–H and O–H groups in total. The van der Waals surface area contributed by atoms with E-state index in [1.165, 1.54) is 12.1 Å². The maximum Gasteiger partial charge on any atom is 0.303 e. The highest BCUT2D eigenvalue weighted by molar-refractivity contribution is 6.14. The number of nitrogens with zero attached hydrogens (tertiary/aromatic N) is 4. The minimum atomic E-state index is -0.766. The summed E-state index contributed by atoms with van der Waals surface area (Å²) in [6, 6.07) is 47.5. The Morgan fingerprint density at radius 2 is 0.942 bits per heavy atom. The largest absolute Gasteiger partial charge is 0.507 e. The van der Waals surface area contributed by atoms with Crippen LogP contribution in [0.5, 0.6) is 17.2 Å². The van der Waals surface area contributed by atoms with Crippen LogP contribution in [0, 0.1) is 20.2 Å². The molecule has 0 fully saturated rings. The van der Waals surface area contributed by atoms with Crippen LogP contribution in [-0.2, 0) is 32.2 Å². The second-order valence-corrected chi connectivity index (χ2v) is 16.0. The molecule has 1 aliphatic heterocycles. The number of rotatable bonds is 6. The van der Waals surface area contributed by atoms with Crippen LogP contribution in [0.1, 0.15) is 11.1 Å². The Balaban J connectivity index is 1.06. The summed E-state index contributed by atoms with van der Waals surface area (Å²) in [6.45, 7) is 1.54. The Morgan fingerprint density at radius 1 is 0.478 bits per heavy atom. The number of benzene rings is 8. The standard InChI is InChI=1S/C54H46N4O11/c59-52-40-29-42(55-56-48-20-19-43(57(60)61)33-49(48)58(62)63)30-41(52)35-67-24-22-65-26-28-69-54-47(37-13-5-2-6-14-37)32-39-16-8-10-18-45(39)51(54)50-44-17-9-7-15-38(44)31-46(36-11-3-1-4-12-36)53(50)68-27-25-64-21-23-66-34-40/h1-20,29-33,59H,21-28,34-35H2. The van der Waals surface area contributed by atoms with Gasteiger partial charge in [-0.3, -0.25) is 20.2 Å². The minimum absolute atomic E-state index is 0.0396. The van der Waals surface area contributed by atoms with Gasteiger partial charge in [-0.1, -0.05) is 109 Å². The van der Waals surface area contributed by atoms with Crippen molar-refractivity contribution >= 4 is 44.3 Å². The maximum absolute atomic E-state index is 11.8. The van der Waals surface area contributed by atoms with E-state index in [2.05, 4.69) is 70.9 Å². The van der Waals surface area contributed by atoms with Crippen molar-refractivity contribution < 1.29 is 43.4 Å². The van der Waals surface area contributed by atoms with E-state index < -0.39 is 21.2 Å². The quantitative estimate of drug-likeness (QED) is 0.0949. The summed E-state index contributed by atoms with van der Waals surface area (Å²) >= 11 is 0. The summed E-state index contributed by atoms with van der Waals surface area (Å²) in [5.41, 5.74) is 5.29. The number of phenols is 1. The molecule has 0 saturated heterocycles. The fraction of sp³-hybridized carbons (Fsp3) is 0.185. The molecule has 0 radical (unpaired) electrons. The van der Waals surface area contributed by atoms with Gasteiger partial charge in [0, 0.05) is 39.4 Å². The molecule has 348 valence electrons. The SMILES string of the molecule is O=[N+]([O-])c1ccc(N=Nc2cc3c(O)c(c2)COCCOCCOc2c(-c4ccccc4)cc4ccccc4c2-c2c(c(-c4ccccc4)cc4ccccc24)OCCOCCOC3)c([N+](=O)[O-])c1. The molecule has 15 heteroatoms. The molecule has 0 aromatic heterocycles. The van der Waals surface area contributed by atoms with Crippen molar-refractivity contribution in [3.63, 3.8) is 0 Å². The first-order valence-electron chi connectivity index (χ1n) is 22.3. The molecule has 8 aromatic carbocycles. The van der Waals surface area contributed by atoms with Gasteiger partial charge in [0.25, 0.3) is 5.69 Å². The van der Waals surface area contributed by atoms with E-state index in [0.29, 0.717) is 22.6 Å². The van der Waals surface area contributed by atoms with Gasteiger partial charge in [0.2, 0.25) is 0 Å². The van der Waals surface area contributed by atoms with Crippen LogP contribution in [0.15, 0.2) is 162 Å². The van der Waals surface area contributed by atoms with Crippen molar-refractivity contribution in [1.82, 2.24) is 0 Å². The second kappa shape index (κ2) is 21.7. The lowest BCUT2D eigenvalue weighted by atomic mass is 9.86. The number of nitro benzene ring substituents is 2. The summed E-state index contributed by atoms with van der Waals surface area (Å²) in [5, 5.41) is 46.6. The van der Waals surface area contributed by atoms with Crippen LogP contribution in [0.4, 0.5) is 22.7 Å². The van der Waals surface area contributed by atoms with Crippen molar-refractivity contribution in [2.75, 3.05) is 52.9 Å². The lowest BCUT2D eigenvalue weighted by molar-refractivity contribution is -0.393. The predicted molar refractivity (Wildman–Crippen MR) is 262 cm³/mol. The molecule has 0 saturated carbocycles. The number of hydrogen-bond donors (Lipinski definition) is 1. The lowest BCUT2D eigenvalue weighted by Crippen LogP contribution is -2.12. The summed E-state index contributed by atoms with van der Waals surface area (Å²) in [5.74, 6) is 1.27. The first-order chi connectivity index (χ1) is 33.8. The number of nitro groups is 2. The molecule has 0 aliphatic carbocycles. The van der Waals surface area contributed by atoms with Gasteiger partial charge >= 0.3 is 5.69 Å². The van der Waals surface area contributed by atoms with E-state index in [0.717, 1.165) is 73.1 Å². The summed E-state index contributed by atoms with van der Waals surface area (Å²) in [4.78, 5) is 21.5. The van der Waals surface area contributed by atoms with Gasteiger partial charge in [-0.2, -0.15) is 5.11 Å². The number of azo groups is 1. The molecule has 2 bridgehead atoms. The lowest BCUT2D eigenvalue weighted by Gasteiger charge is -2.24. The number of ether oxygens (including phenoxy) is 6. The molecule has 1 aliphatic rings. The summed E-state index contributed by atoms with van der Waals surface area (Å²) < 4.78 is 37.9. The Bertz CT molecular complexity index is 3000. The van der Waals surface area contributed by atoms with E-state index >= 15 is 0 Å². The van der Waals surface area contributed by atoms with Gasteiger partial charge < -0.3 is 33.5 Å². The van der Waals surface area contributed by atoms with Crippen LogP contribution in [0.2, 0.25) is 0 Å². The smallest absolute Gasteiger partial charge is 0.303 e. The van der Waals surface area contributed by atoms with Gasteiger partial charge in [-0.25, -0.2) is 0 Å². The number of aromatic hydroxyl groups is 1. The molecular weight excluding hydrogens is 881 g/mol. The number of fused-ring (bicyclic) bond motifs is 9. The fourth-order valence-electron chi connectivity index (χ4n) is 8.31. The van der Waals surface area contributed by atoms with E-state index in [-0.39, 0.29) is 83.2 Å². The van der Waals surface area contributed by atoms with Gasteiger partial charge in [-0.15, -0.1) is 5.11 Å². The fourth-order valence-corrected chi connectivity index (χ4v) is 8.31. The Morgan fingerprint density at radius 3 is 1.43 bits per heavy atom. The Kier molecular flexibility index (Phi) is 14.5. The van der Waals surface area contributed by atoms with E-state index in [4.69, 9.17) is 28.4 Å². The van der Waals surface area contributed by atoms with Crippen molar-refractivity contribution in [2.24, 2.45) is 10.2 Å². The number of hydrogen-bond acceptors (Lipinski definition) is 13. The maximum atomic E-state index is 11.8. The Hall–Kier alpha value is -8.08. The van der Waals surface area contributed by atoms with Crippen LogP contribution in [-0.4, -0.2) is 67.8 Å². The highest BCUT2D eigenvalue weighted by atomic mass is 16.6. The molecule has 1 heterocycles. The molecule has 0 amide bonds. The highest BCUT2D eigenvalue weighted by Crippen LogP contribution is 2.52. The highest BCUT2D eigenvalue weighted by Gasteiger charge is 2.26. The predicted octanol–water partition coefficient (Wildman–Crippen LogP) is 12.5. The molecule has 8 aromatic rings. The summed E-state index contributed by atoms with van der Waals surface area (Å²) in [7, 11) is 0.